The Labute approximate surface area is 131 Å². The number of carbonyl (C=O) groups is 1. The molecule has 1 aromatic heterocycles. The van der Waals surface area contributed by atoms with Gasteiger partial charge in [0, 0.05) is 20.9 Å². The average Bonchev–Trinajstić information content (AvgIpc) is 2.87. The number of halogens is 1. The molecule has 4 heteroatoms. The van der Waals surface area contributed by atoms with Crippen LogP contribution in [0.4, 0.5) is 0 Å². The first-order valence-corrected chi connectivity index (χ1v) is 7.53. The van der Waals surface area contributed by atoms with E-state index in [4.69, 9.17) is 4.74 Å². The molecule has 0 atom stereocenters. The minimum atomic E-state index is -0.330. The summed E-state index contributed by atoms with van der Waals surface area (Å²) in [6, 6.07) is 15.8. The summed E-state index contributed by atoms with van der Waals surface area (Å²) in [6.07, 6.45) is 0. The Morgan fingerprint density at radius 3 is 2.67 bits per heavy atom. The minimum absolute atomic E-state index is 0.330. The standard InChI is InChI=1S/C17H14BrNO2/c1-2-21-17(20)16-15(11-6-4-3-5-7-11)13-9-8-12(18)10-14(13)19-16/h3-10,19H,2H2,1H3. The molecule has 106 valence electrons. The van der Waals surface area contributed by atoms with Gasteiger partial charge in [0.15, 0.2) is 0 Å². The zero-order chi connectivity index (χ0) is 14.8. The van der Waals surface area contributed by atoms with Crippen LogP contribution in [0.15, 0.2) is 53.0 Å². The van der Waals surface area contributed by atoms with E-state index in [0.29, 0.717) is 12.3 Å². The highest BCUT2D eigenvalue weighted by atomic mass is 79.9. The van der Waals surface area contributed by atoms with Crippen molar-refractivity contribution in [2.75, 3.05) is 6.61 Å². The molecular weight excluding hydrogens is 330 g/mol. The number of rotatable bonds is 3. The number of ether oxygens (including phenoxy) is 1. The molecule has 1 N–H and O–H groups in total. The third-order valence-corrected chi connectivity index (χ3v) is 3.80. The minimum Gasteiger partial charge on any atom is -0.461 e. The highest BCUT2D eigenvalue weighted by Crippen LogP contribution is 2.34. The molecule has 0 saturated carbocycles. The molecule has 3 rings (SSSR count). The molecule has 1 heterocycles. The molecule has 0 radical (unpaired) electrons. The maximum absolute atomic E-state index is 12.2. The van der Waals surface area contributed by atoms with Gasteiger partial charge in [-0.05, 0) is 24.6 Å². The Morgan fingerprint density at radius 1 is 1.19 bits per heavy atom. The average molecular weight is 344 g/mol. The number of esters is 1. The normalized spacial score (nSPS) is 10.8. The Balaban J connectivity index is 2.28. The number of carbonyl (C=O) groups excluding carboxylic acids is 1. The van der Waals surface area contributed by atoms with Crippen molar-refractivity contribution in [3.8, 4) is 11.1 Å². The molecule has 0 aliphatic heterocycles. The smallest absolute Gasteiger partial charge is 0.355 e. The number of aromatic nitrogens is 1. The fraction of sp³-hybridized carbons (Fsp3) is 0.118. The van der Waals surface area contributed by atoms with Crippen molar-refractivity contribution >= 4 is 32.8 Å². The lowest BCUT2D eigenvalue weighted by Crippen LogP contribution is -2.06. The van der Waals surface area contributed by atoms with Gasteiger partial charge in [-0.25, -0.2) is 4.79 Å². The fourth-order valence-corrected chi connectivity index (χ4v) is 2.79. The molecule has 0 unspecified atom stereocenters. The summed E-state index contributed by atoms with van der Waals surface area (Å²) >= 11 is 3.45. The molecule has 0 aliphatic rings. The zero-order valence-corrected chi connectivity index (χ0v) is 13.1. The third-order valence-electron chi connectivity index (χ3n) is 3.30. The number of aromatic amines is 1. The Kier molecular flexibility index (Phi) is 3.80. The van der Waals surface area contributed by atoms with E-state index in [0.717, 1.165) is 26.5 Å². The van der Waals surface area contributed by atoms with Crippen LogP contribution < -0.4 is 0 Å². The monoisotopic (exact) mass is 343 g/mol. The van der Waals surface area contributed by atoms with Gasteiger partial charge in [-0.2, -0.15) is 0 Å². The Morgan fingerprint density at radius 2 is 1.95 bits per heavy atom. The number of hydrogen-bond donors (Lipinski definition) is 1. The maximum Gasteiger partial charge on any atom is 0.355 e. The predicted molar refractivity (Wildman–Crippen MR) is 87.4 cm³/mol. The van der Waals surface area contributed by atoms with Gasteiger partial charge >= 0.3 is 5.97 Å². The lowest BCUT2D eigenvalue weighted by Gasteiger charge is -2.04. The van der Waals surface area contributed by atoms with E-state index in [2.05, 4.69) is 20.9 Å². The molecule has 0 amide bonds. The van der Waals surface area contributed by atoms with Crippen LogP contribution in [-0.4, -0.2) is 17.6 Å². The summed E-state index contributed by atoms with van der Waals surface area (Å²) in [4.78, 5) is 15.4. The summed E-state index contributed by atoms with van der Waals surface area (Å²) in [7, 11) is 0. The number of benzene rings is 2. The molecule has 0 bridgehead atoms. The molecule has 0 spiro atoms. The quantitative estimate of drug-likeness (QED) is 0.695. The van der Waals surface area contributed by atoms with Crippen LogP contribution in [0.2, 0.25) is 0 Å². The first kappa shape index (κ1) is 13.9. The molecule has 0 saturated heterocycles. The number of hydrogen-bond acceptors (Lipinski definition) is 2. The topological polar surface area (TPSA) is 42.1 Å². The van der Waals surface area contributed by atoms with Crippen LogP contribution in [0.25, 0.3) is 22.0 Å². The van der Waals surface area contributed by atoms with Crippen LogP contribution in [-0.2, 0) is 4.74 Å². The first-order chi connectivity index (χ1) is 10.2. The van der Waals surface area contributed by atoms with Crippen LogP contribution in [0.5, 0.6) is 0 Å². The third kappa shape index (κ3) is 2.59. The lowest BCUT2D eigenvalue weighted by atomic mass is 10.0. The molecule has 3 nitrogen and oxygen atoms in total. The molecule has 2 aromatic carbocycles. The highest BCUT2D eigenvalue weighted by Gasteiger charge is 2.20. The summed E-state index contributed by atoms with van der Waals surface area (Å²) in [5, 5.41) is 1.01. The van der Waals surface area contributed by atoms with E-state index in [1.54, 1.807) is 6.92 Å². The zero-order valence-electron chi connectivity index (χ0n) is 11.5. The molecule has 21 heavy (non-hydrogen) atoms. The second kappa shape index (κ2) is 5.74. The fourth-order valence-electron chi connectivity index (χ4n) is 2.43. The van der Waals surface area contributed by atoms with Gasteiger partial charge in [0.05, 0.1) is 6.61 Å². The summed E-state index contributed by atoms with van der Waals surface area (Å²) in [5.74, 6) is -0.330. The van der Waals surface area contributed by atoms with Gasteiger partial charge in [0.2, 0.25) is 0 Å². The van der Waals surface area contributed by atoms with E-state index in [-0.39, 0.29) is 5.97 Å². The van der Waals surface area contributed by atoms with Crippen LogP contribution in [0, 0.1) is 0 Å². The van der Waals surface area contributed by atoms with Crippen molar-refractivity contribution in [3.63, 3.8) is 0 Å². The molecular formula is C17H14BrNO2. The Bertz CT molecular complexity index is 793. The van der Waals surface area contributed by atoms with E-state index < -0.39 is 0 Å². The first-order valence-electron chi connectivity index (χ1n) is 6.74. The highest BCUT2D eigenvalue weighted by molar-refractivity contribution is 9.10. The van der Waals surface area contributed by atoms with Crippen molar-refractivity contribution in [1.82, 2.24) is 4.98 Å². The summed E-state index contributed by atoms with van der Waals surface area (Å²) in [6.45, 7) is 2.16. The van der Waals surface area contributed by atoms with Gasteiger partial charge in [-0.15, -0.1) is 0 Å². The van der Waals surface area contributed by atoms with Crippen molar-refractivity contribution in [2.45, 2.75) is 6.92 Å². The van der Waals surface area contributed by atoms with E-state index in [9.17, 15) is 4.79 Å². The Hall–Kier alpha value is -2.07. The number of fused-ring (bicyclic) bond motifs is 1. The van der Waals surface area contributed by atoms with Crippen LogP contribution in [0.3, 0.4) is 0 Å². The second-order valence-corrected chi connectivity index (χ2v) is 5.57. The largest absolute Gasteiger partial charge is 0.461 e. The van der Waals surface area contributed by atoms with E-state index in [1.807, 2.05) is 48.5 Å². The molecule has 0 aliphatic carbocycles. The van der Waals surface area contributed by atoms with Crippen molar-refractivity contribution in [3.05, 3.63) is 58.7 Å². The lowest BCUT2D eigenvalue weighted by molar-refractivity contribution is 0.0521. The number of nitrogens with one attached hydrogen (secondary N) is 1. The van der Waals surface area contributed by atoms with Crippen molar-refractivity contribution in [1.29, 1.82) is 0 Å². The summed E-state index contributed by atoms with van der Waals surface area (Å²) in [5.41, 5.74) is 3.29. The molecule has 0 fully saturated rings. The van der Waals surface area contributed by atoms with Crippen molar-refractivity contribution in [2.24, 2.45) is 0 Å². The van der Waals surface area contributed by atoms with Gasteiger partial charge in [-0.3, -0.25) is 0 Å². The predicted octanol–water partition coefficient (Wildman–Crippen LogP) is 4.77. The van der Waals surface area contributed by atoms with Crippen molar-refractivity contribution < 1.29 is 9.53 Å². The second-order valence-electron chi connectivity index (χ2n) is 4.65. The maximum atomic E-state index is 12.2. The van der Waals surface area contributed by atoms with Gasteiger partial charge in [0.25, 0.3) is 0 Å². The van der Waals surface area contributed by atoms with Crippen LogP contribution >= 0.6 is 15.9 Å². The number of H-pyrrole nitrogens is 1. The van der Waals surface area contributed by atoms with Gasteiger partial charge < -0.3 is 9.72 Å². The SMILES string of the molecule is CCOC(=O)c1[nH]c2cc(Br)ccc2c1-c1ccccc1. The van der Waals surface area contributed by atoms with E-state index >= 15 is 0 Å². The van der Waals surface area contributed by atoms with Gasteiger partial charge in [-0.1, -0.05) is 52.3 Å². The summed E-state index contributed by atoms with van der Waals surface area (Å²) < 4.78 is 6.13. The van der Waals surface area contributed by atoms with Gasteiger partial charge in [0.1, 0.15) is 5.69 Å². The van der Waals surface area contributed by atoms with E-state index in [1.165, 1.54) is 0 Å². The van der Waals surface area contributed by atoms with Crippen LogP contribution in [0.1, 0.15) is 17.4 Å². The molecule has 3 aromatic rings.